The van der Waals surface area contributed by atoms with Gasteiger partial charge in [0.15, 0.2) is 0 Å². The van der Waals surface area contributed by atoms with Gasteiger partial charge < -0.3 is 9.80 Å². The lowest BCUT2D eigenvalue weighted by molar-refractivity contribution is 0.0966. The number of likely N-dealkylation sites (N-methyl/N-ethyl adjacent to an activating group) is 1. The number of piperidine rings is 1. The van der Waals surface area contributed by atoms with Gasteiger partial charge in [-0.3, -0.25) is 9.78 Å². The number of benzene rings is 2. The van der Waals surface area contributed by atoms with Crippen molar-refractivity contribution in [3.63, 3.8) is 0 Å². The van der Waals surface area contributed by atoms with E-state index in [1.807, 2.05) is 11.0 Å². The van der Waals surface area contributed by atoms with E-state index in [9.17, 15) is 9.18 Å². The standard InChI is InChI=1S/C26H26FN3O/c1-15-3-8-24-19(11-15)21-14-29(2)10-9-25(21)30(24)26(31)20-13-23(16-4-5-16)28-22-7-6-17(27)12-18(20)22/h3,6-8,11-13,16,21,25H,4-5,9-10,14H2,1-2H3/t21-,25-/m0/s1. The Morgan fingerprint density at radius 3 is 2.74 bits per heavy atom. The van der Waals surface area contributed by atoms with Crippen LogP contribution in [0.2, 0.25) is 0 Å². The first-order valence-electron chi connectivity index (χ1n) is 11.2. The van der Waals surface area contributed by atoms with Crippen LogP contribution >= 0.6 is 0 Å². The maximum absolute atomic E-state index is 14.2. The fourth-order valence-electron chi connectivity index (χ4n) is 5.46. The van der Waals surface area contributed by atoms with E-state index in [1.54, 1.807) is 6.07 Å². The molecule has 1 aromatic heterocycles. The number of nitrogens with zero attached hydrogens (tertiary/aromatic N) is 3. The normalized spacial score (nSPS) is 23.1. The smallest absolute Gasteiger partial charge is 0.259 e. The largest absolute Gasteiger partial charge is 0.306 e. The highest BCUT2D eigenvalue weighted by Gasteiger charge is 2.44. The molecule has 2 aliphatic heterocycles. The fourth-order valence-corrected chi connectivity index (χ4v) is 5.46. The molecule has 31 heavy (non-hydrogen) atoms. The molecule has 0 unspecified atom stereocenters. The van der Waals surface area contributed by atoms with Gasteiger partial charge in [0.1, 0.15) is 5.82 Å². The van der Waals surface area contributed by atoms with Crippen molar-refractivity contribution in [2.75, 3.05) is 25.0 Å². The second-order valence-corrected chi connectivity index (χ2v) is 9.49. The third-order valence-corrected chi connectivity index (χ3v) is 7.19. The van der Waals surface area contributed by atoms with Crippen molar-refractivity contribution >= 4 is 22.5 Å². The Kier molecular flexibility index (Phi) is 4.19. The minimum Gasteiger partial charge on any atom is -0.306 e. The molecule has 4 nitrogen and oxygen atoms in total. The van der Waals surface area contributed by atoms with Crippen molar-refractivity contribution in [2.24, 2.45) is 0 Å². The number of fused-ring (bicyclic) bond motifs is 4. The molecule has 0 radical (unpaired) electrons. The van der Waals surface area contributed by atoms with Crippen LogP contribution in [0.4, 0.5) is 10.1 Å². The zero-order valence-corrected chi connectivity index (χ0v) is 17.9. The molecule has 3 aliphatic rings. The highest BCUT2D eigenvalue weighted by atomic mass is 19.1. The summed E-state index contributed by atoms with van der Waals surface area (Å²) in [7, 11) is 2.15. The first kappa shape index (κ1) is 18.9. The van der Waals surface area contributed by atoms with Crippen LogP contribution in [-0.4, -0.2) is 42.0 Å². The van der Waals surface area contributed by atoms with E-state index < -0.39 is 0 Å². The molecule has 2 aromatic carbocycles. The monoisotopic (exact) mass is 415 g/mol. The predicted molar refractivity (Wildman–Crippen MR) is 120 cm³/mol. The number of rotatable bonds is 2. The van der Waals surface area contributed by atoms with E-state index in [0.717, 1.165) is 43.7 Å². The van der Waals surface area contributed by atoms with Gasteiger partial charge in [-0.1, -0.05) is 17.7 Å². The summed E-state index contributed by atoms with van der Waals surface area (Å²) in [5.41, 5.74) is 5.74. The Morgan fingerprint density at radius 1 is 1.10 bits per heavy atom. The molecule has 2 atom stereocenters. The lowest BCUT2D eigenvalue weighted by atomic mass is 9.88. The van der Waals surface area contributed by atoms with Gasteiger partial charge in [0.2, 0.25) is 0 Å². The number of hydrogen-bond donors (Lipinski definition) is 0. The molecule has 1 saturated carbocycles. The van der Waals surface area contributed by atoms with Crippen LogP contribution in [-0.2, 0) is 0 Å². The van der Waals surface area contributed by atoms with Crippen molar-refractivity contribution in [2.45, 2.75) is 44.1 Å². The Morgan fingerprint density at radius 2 is 1.94 bits per heavy atom. The maximum Gasteiger partial charge on any atom is 0.259 e. The van der Waals surface area contributed by atoms with Gasteiger partial charge in [0.05, 0.1) is 11.1 Å². The molecule has 5 heteroatoms. The summed E-state index contributed by atoms with van der Waals surface area (Å²) < 4.78 is 14.2. The second-order valence-electron chi connectivity index (χ2n) is 9.49. The quantitative estimate of drug-likeness (QED) is 0.591. The van der Waals surface area contributed by atoms with E-state index in [2.05, 4.69) is 37.1 Å². The SMILES string of the molecule is Cc1ccc2c(c1)[C@@H]1CN(C)CC[C@@H]1N2C(=O)c1cc(C2CC2)nc2ccc(F)cc12. The molecule has 1 aliphatic carbocycles. The number of likely N-dealkylation sites (tertiary alicyclic amines) is 1. The van der Waals surface area contributed by atoms with Crippen LogP contribution in [0.1, 0.15) is 58.3 Å². The number of anilines is 1. The zero-order valence-electron chi connectivity index (χ0n) is 17.9. The van der Waals surface area contributed by atoms with Gasteiger partial charge >= 0.3 is 0 Å². The summed E-state index contributed by atoms with van der Waals surface area (Å²) in [5, 5.41) is 0.611. The molecular weight excluding hydrogens is 389 g/mol. The van der Waals surface area contributed by atoms with Crippen LogP contribution in [0, 0.1) is 12.7 Å². The molecule has 3 heterocycles. The highest BCUT2D eigenvalue weighted by molar-refractivity contribution is 6.15. The molecule has 3 aromatic rings. The van der Waals surface area contributed by atoms with Crippen molar-refractivity contribution < 1.29 is 9.18 Å². The van der Waals surface area contributed by atoms with E-state index in [-0.39, 0.29) is 17.8 Å². The Bertz CT molecular complexity index is 1220. The average Bonchev–Trinajstić information content (AvgIpc) is 3.56. The summed E-state index contributed by atoms with van der Waals surface area (Å²) in [5.74, 6) is 0.370. The van der Waals surface area contributed by atoms with Crippen LogP contribution in [0.25, 0.3) is 10.9 Å². The van der Waals surface area contributed by atoms with E-state index in [0.29, 0.717) is 28.3 Å². The molecule has 2 fully saturated rings. The number of carbonyl (C=O) groups is 1. The molecule has 1 amide bonds. The number of amides is 1. The van der Waals surface area contributed by atoms with Crippen LogP contribution in [0.3, 0.4) is 0 Å². The Balaban J connectivity index is 1.51. The minimum atomic E-state index is -0.336. The minimum absolute atomic E-state index is 0.0259. The van der Waals surface area contributed by atoms with Crippen molar-refractivity contribution in [1.29, 1.82) is 0 Å². The zero-order chi connectivity index (χ0) is 21.3. The fraction of sp³-hybridized carbons (Fsp3) is 0.385. The first-order chi connectivity index (χ1) is 15.0. The van der Waals surface area contributed by atoms with Gasteiger partial charge in [0, 0.05) is 41.2 Å². The third kappa shape index (κ3) is 3.06. The lowest BCUT2D eigenvalue weighted by Crippen LogP contribution is -2.47. The summed E-state index contributed by atoms with van der Waals surface area (Å²) in [6.45, 7) is 4.02. The molecule has 1 saturated heterocycles. The number of aryl methyl sites for hydroxylation is 1. The summed E-state index contributed by atoms with van der Waals surface area (Å²) in [4.78, 5) is 23.2. The Labute approximate surface area is 181 Å². The molecule has 0 bridgehead atoms. The number of pyridine rings is 1. The topological polar surface area (TPSA) is 36.4 Å². The predicted octanol–water partition coefficient (Wildman–Crippen LogP) is 5.01. The summed E-state index contributed by atoms with van der Waals surface area (Å²) >= 11 is 0. The van der Waals surface area contributed by atoms with Gasteiger partial charge in [-0.15, -0.1) is 0 Å². The molecule has 6 rings (SSSR count). The highest BCUT2D eigenvalue weighted by Crippen LogP contribution is 2.46. The second kappa shape index (κ2) is 6.86. The molecule has 158 valence electrons. The van der Waals surface area contributed by atoms with Crippen LogP contribution < -0.4 is 4.90 Å². The van der Waals surface area contributed by atoms with Crippen molar-refractivity contribution in [3.05, 3.63) is 70.7 Å². The van der Waals surface area contributed by atoms with E-state index in [4.69, 9.17) is 4.98 Å². The van der Waals surface area contributed by atoms with Crippen molar-refractivity contribution in [3.8, 4) is 0 Å². The number of aromatic nitrogens is 1. The summed E-state index contributed by atoms with van der Waals surface area (Å²) in [6.07, 6.45) is 3.15. The van der Waals surface area contributed by atoms with Crippen LogP contribution in [0.5, 0.6) is 0 Å². The Hall–Kier alpha value is -2.79. The van der Waals surface area contributed by atoms with Gasteiger partial charge in [-0.05, 0) is 75.7 Å². The maximum atomic E-state index is 14.2. The first-order valence-corrected chi connectivity index (χ1v) is 11.2. The molecular formula is C26H26FN3O. The molecule has 0 N–H and O–H groups in total. The number of halogens is 1. The molecule has 0 spiro atoms. The third-order valence-electron chi connectivity index (χ3n) is 7.19. The van der Waals surface area contributed by atoms with Gasteiger partial charge in [-0.2, -0.15) is 0 Å². The lowest BCUT2D eigenvalue weighted by Gasteiger charge is -2.36. The van der Waals surface area contributed by atoms with E-state index >= 15 is 0 Å². The summed E-state index contributed by atoms with van der Waals surface area (Å²) in [6, 6.07) is 13.1. The van der Waals surface area contributed by atoms with Gasteiger partial charge in [0.25, 0.3) is 5.91 Å². The van der Waals surface area contributed by atoms with Gasteiger partial charge in [-0.25, -0.2) is 4.39 Å². The number of hydrogen-bond acceptors (Lipinski definition) is 3. The number of carbonyl (C=O) groups excluding carboxylic acids is 1. The average molecular weight is 416 g/mol. The van der Waals surface area contributed by atoms with Crippen LogP contribution in [0.15, 0.2) is 42.5 Å². The van der Waals surface area contributed by atoms with Crippen molar-refractivity contribution in [1.82, 2.24) is 9.88 Å². The van der Waals surface area contributed by atoms with E-state index in [1.165, 1.54) is 23.3 Å².